The Morgan fingerprint density at radius 1 is 0.700 bits per heavy atom. The lowest BCUT2D eigenvalue weighted by Crippen LogP contribution is -2.32. The molecule has 0 aliphatic heterocycles. The standard InChI is InChI=1S/C34H46O6/c1-7-33(8-2,24-15-19-31(37)39-11-5)30(36)23-21-28-17-13-16-27(26-28)20-22-29(35)18-14-25-34(9-3,10-4)32(38)40-12-6/h13,16-17,26H,7-12,14-15,18-19,24-25H2,1-6H3. The van der Waals surface area contributed by atoms with Crippen molar-refractivity contribution in [2.45, 2.75) is 106 Å². The van der Waals surface area contributed by atoms with Crippen molar-refractivity contribution >= 4 is 23.5 Å². The summed E-state index contributed by atoms with van der Waals surface area (Å²) in [6.07, 6.45) is 5.51. The third-order valence-electron chi connectivity index (χ3n) is 7.83. The molecule has 6 heteroatoms. The van der Waals surface area contributed by atoms with E-state index in [0.29, 0.717) is 82.1 Å². The molecule has 0 saturated carbocycles. The summed E-state index contributed by atoms with van der Waals surface area (Å²) in [7, 11) is 0. The summed E-state index contributed by atoms with van der Waals surface area (Å²) < 4.78 is 10.3. The minimum Gasteiger partial charge on any atom is -0.466 e. The van der Waals surface area contributed by atoms with Gasteiger partial charge in [0.1, 0.15) is 0 Å². The normalized spacial score (nSPS) is 10.9. The van der Waals surface area contributed by atoms with Gasteiger partial charge in [0.25, 0.3) is 0 Å². The minimum atomic E-state index is -0.594. The van der Waals surface area contributed by atoms with Crippen LogP contribution in [0.1, 0.15) is 117 Å². The predicted molar refractivity (Wildman–Crippen MR) is 157 cm³/mol. The summed E-state index contributed by atoms with van der Waals surface area (Å²) in [6, 6.07) is 7.16. The molecule has 0 N–H and O–H groups in total. The maximum atomic E-state index is 13.1. The highest BCUT2D eigenvalue weighted by Gasteiger charge is 2.36. The third kappa shape index (κ3) is 10.6. The molecule has 0 atom stereocenters. The first-order chi connectivity index (χ1) is 19.1. The highest BCUT2D eigenvalue weighted by atomic mass is 16.5. The highest BCUT2D eigenvalue weighted by Crippen LogP contribution is 2.35. The fourth-order valence-electron chi connectivity index (χ4n) is 4.85. The van der Waals surface area contributed by atoms with Crippen LogP contribution in [0, 0.1) is 34.5 Å². The largest absolute Gasteiger partial charge is 0.466 e. The Morgan fingerprint density at radius 2 is 1.23 bits per heavy atom. The summed E-state index contributed by atoms with van der Waals surface area (Å²) in [6.45, 7) is 12.2. The number of ether oxygens (including phenoxy) is 2. The number of hydrogen-bond acceptors (Lipinski definition) is 6. The number of ketones is 2. The van der Waals surface area contributed by atoms with Gasteiger partial charge in [0.05, 0.1) is 18.6 Å². The Bertz CT molecular complexity index is 1120. The molecule has 0 spiro atoms. The molecule has 0 amide bonds. The van der Waals surface area contributed by atoms with Gasteiger partial charge in [-0.05, 0) is 95.3 Å². The lowest BCUT2D eigenvalue weighted by Gasteiger charge is -2.28. The van der Waals surface area contributed by atoms with Crippen molar-refractivity contribution in [2.75, 3.05) is 13.2 Å². The monoisotopic (exact) mass is 550 g/mol. The molecule has 1 aromatic carbocycles. The van der Waals surface area contributed by atoms with E-state index in [2.05, 4.69) is 23.7 Å². The first-order valence-corrected chi connectivity index (χ1v) is 14.7. The minimum absolute atomic E-state index is 0.133. The SMILES string of the molecule is CCOC(=O)CCCC(CC)(CC)C(=O)C#Cc1cccc(C#CC(=O)CCCC(CC)(CC)C(=O)OCC)c1. The average molecular weight is 551 g/mol. The van der Waals surface area contributed by atoms with E-state index in [9.17, 15) is 19.2 Å². The summed E-state index contributed by atoms with van der Waals surface area (Å²) in [5.41, 5.74) is 0.138. The number of Topliss-reactive ketones (excluding diaryl/α,β-unsaturated/α-hetero) is 2. The molecule has 0 bridgehead atoms. The number of benzene rings is 1. The molecule has 6 nitrogen and oxygen atoms in total. The first kappa shape index (κ1) is 34.6. The van der Waals surface area contributed by atoms with E-state index in [4.69, 9.17) is 9.47 Å². The molecular formula is C34H46O6. The van der Waals surface area contributed by atoms with E-state index >= 15 is 0 Å². The Labute approximate surface area is 241 Å². The zero-order chi connectivity index (χ0) is 30.0. The van der Waals surface area contributed by atoms with E-state index in [0.717, 1.165) is 0 Å². The second-order valence-electron chi connectivity index (χ2n) is 10.0. The van der Waals surface area contributed by atoms with Gasteiger partial charge in [-0.3, -0.25) is 19.2 Å². The molecule has 218 valence electrons. The van der Waals surface area contributed by atoms with E-state index in [1.54, 1.807) is 38.1 Å². The predicted octanol–water partition coefficient (Wildman–Crippen LogP) is 6.61. The quantitative estimate of drug-likeness (QED) is 0.170. The summed E-state index contributed by atoms with van der Waals surface area (Å²) in [4.78, 5) is 49.7. The van der Waals surface area contributed by atoms with Gasteiger partial charge in [-0.25, -0.2) is 0 Å². The van der Waals surface area contributed by atoms with Gasteiger partial charge in [-0.1, -0.05) is 45.6 Å². The van der Waals surface area contributed by atoms with Gasteiger partial charge < -0.3 is 9.47 Å². The Hall–Kier alpha value is -3.38. The van der Waals surface area contributed by atoms with Crippen LogP contribution in [0.2, 0.25) is 0 Å². The molecule has 0 heterocycles. The fraction of sp³-hybridized carbons (Fsp3) is 0.588. The van der Waals surface area contributed by atoms with Crippen molar-refractivity contribution < 1.29 is 28.7 Å². The van der Waals surface area contributed by atoms with Crippen LogP contribution in [0.15, 0.2) is 24.3 Å². The molecule has 0 aliphatic rings. The van der Waals surface area contributed by atoms with Crippen LogP contribution in [-0.4, -0.2) is 36.7 Å². The fourth-order valence-corrected chi connectivity index (χ4v) is 4.85. The first-order valence-electron chi connectivity index (χ1n) is 14.7. The van der Waals surface area contributed by atoms with Crippen molar-refractivity contribution in [2.24, 2.45) is 10.8 Å². The zero-order valence-corrected chi connectivity index (χ0v) is 25.2. The molecule has 0 fully saturated rings. The lowest BCUT2D eigenvalue weighted by molar-refractivity contribution is -0.156. The van der Waals surface area contributed by atoms with E-state index in [1.165, 1.54) is 0 Å². The molecule has 1 rings (SSSR count). The molecule has 0 aromatic heterocycles. The highest BCUT2D eigenvalue weighted by molar-refractivity contribution is 6.00. The number of carbonyl (C=O) groups is 4. The van der Waals surface area contributed by atoms with Crippen molar-refractivity contribution in [1.29, 1.82) is 0 Å². The lowest BCUT2D eigenvalue weighted by atomic mass is 9.74. The number of rotatable bonds is 16. The van der Waals surface area contributed by atoms with Crippen LogP contribution in [0.3, 0.4) is 0 Å². The van der Waals surface area contributed by atoms with Gasteiger partial charge in [0.15, 0.2) is 0 Å². The molecule has 0 saturated heterocycles. The molecule has 0 unspecified atom stereocenters. The van der Waals surface area contributed by atoms with Crippen LogP contribution in [-0.2, 0) is 28.7 Å². The van der Waals surface area contributed by atoms with Crippen LogP contribution in [0.25, 0.3) is 0 Å². The van der Waals surface area contributed by atoms with Crippen LogP contribution >= 0.6 is 0 Å². The Balaban J connectivity index is 2.85. The third-order valence-corrected chi connectivity index (χ3v) is 7.83. The molecule has 40 heavy (non-hydrogen) atoms. The maximum Gasteiger partial charge on any atom is 0.312 e. The van der Waals surface area contributed by atoms with Crippen molar-refractivity contribution in [3.8, 4) is 23.7 Å². The van der Waals surface area contributed by atoms with Gasteiger partial charge in [-0.15, -0.1) is 0 Å². The summed E-state index contributed by atoms with van der Waals surface area (Å²) in [5.74, 6) is 10.6. The van der Waals surface area contributed by atoms with Gasteiger partial charge >= 0.3 is 11.9 Å². The van der Waals surface area contributed by atoms with Crippen molar-refractivity contribution in [3.63, 3.8) is 0 Å². The Kier molecular flexibility index (Phi) is 15.6. The Morgan fingerprint density at radius 3 is 1.77 bits per heavy atom. The number of carbonyl (C=O) groups excluding carboxylic acids is 4. The zero-order valence-electron chi connectivity index (χ0n) is 25.2. The van der Waals surface area contributed by atoms with Crippen LogP contribution < -0.4 is 0 Å². The molecule has 0 aliphatic carbocycles. The van der Waals surface area contributed by atoms with Gasteiger partial charge in [0, 0.05) is 29.4 Å². The second-order valence-corrected chi connectivity index (χ2v) is 10.0. The van der Waals surface area contributed by atoms with Crippen molar-refractivity contribution in [1.82, 2.24) is 0 Å². The van der Waals surface area contributed by atoms with Gasteiger partial charge in [-0.2, -0.15) is 0 Å². The summed E-state index contributed by atoms with van der Waals surface area (Å²) in [5, 5.41) is 0. The topological polar surface area (TPSA) is 86.7 Å². The van der Waals surface area contributed by atoms with E-state index in [-0.39, 0.29) is 29.9 Å². The number of esters is 2. The van der Waals surface area contributed by atoms with Crippen molar-refractivity contribution in [3.05, 3.63) is 35.4 Å². The second kappa shape index (κ2) is 18.1. The molecule has 0 radical (unpaired) electrons. The molecular weight excluding hydrogens is 504 g/mol. The molecule has 1 aromatic rings. The van der Waals surface area contributed by atoms with E-state index in [1.807, 2.05) is 27.7 Å². The van der Waals surface area contributed by atoms with E-state index < -0.39 is 10.8 Å². The van der Waals surface area contributed by atoms with Crippen LogP contribution in [0.4, 0.5) is 0 Å². The smallest absolute Gasteiger partial charge is 0.312 e. The van der Waals surface area contributed by atoms with Gasteiger partial charge in [0.2, 0.25) is 11.6 Å². The van der Waals surface area contributed by atoms with Crippen LogP contribution in [0.5, 0.6) is 0 Å². The maximum absolute atomic E-state index is 13.1. The number of hydrogen-bond donors (Lipinski definition) is 0. The summed E-state index contributed by atoms with van der Waals surface area (Å²) >= 11 is 0. The average Bonchev–Trinajstić information content (AvgIpc) is 2.96.